The van der Waals surface area contributed by atoms with Gasteiger partial charge in [-0.1, -0.05) is 30.3 Å². The molecule has 3 aromatic heterocycles. The minimum absolute atomic E-state index is 0.0488. The van der Waals surface area contributed by atoms with Crippen LogP contribution in [-0.2, 0) is 10.9 Å². The SMILES string of the molecule is Nc1nc(-c2sc3nc(-c4ccccc4)cc(C(F)(F)F)c3c2N)nc(N2CCOCC2)n1. The third kappa shape index (κ3) is 4.02. The topological polar surface area (TPSA) is 116 Å². The van der Waals surface area contributed by atoms with Crippen molar-refractivity contribution in [2.75, 3.05) is 42.7 Å². The summed E-state index contributed by atoms with van der Waals surface area (Å²) >= 11 is 0.993. The number of alkyl halides is 3. The van der Waals surface area contributed by atoms with Gasteiger partial charge in [0.2, 0.25) is 11.9 Å². The summed E-state index contributed by atoms with van der Waals surface area (Å²) in [7, 11) is 0. The van der Waals surface area contributed by atoms with Gasteiger partial charge in [0.05, 0.1) is 35.0 Å². The number of fused-ring (bicyclic) bond motifs is 1. The summed E-state index contributed by atoms with van der Waals surface area (Å²) in [5.41, 5.74) is 11.9. The molecule has 0 saturated carbocycles. The van der Waals surface area contributed by atoms with Crippen LogP contribution in [-0.4, -0.2) is 46.2 Å². The van der Waals surface area contributed by atoms with Gasteiger partial charge in [0.15, 0.2) is 5.82 Å². The molecule has 0 amide bonds. The number of halogens is 3. The zero-order valence-corrected chi connectivity index (χ0v) is 18.0. The highest BCUT2D eigenvalue weighted by atomic mass is 32.1. The number of hydrogen-bond donors (Lipinski definition) is 2. The molecule has 1 aliphatic heterocycles. The van der Waals surface area contributed by atoms with Crippen LogP contribution >= 0.6 is 11.3 Å². The lowest BCUT2D eigenvalue weighted by Crippen LogP contribution is -2.37. The van der Waals surface area contributed by atoms with Crippen LogP contribution in [0.15, 0.2) is 36.4 Å². The van der Waals surface area contributed by atoms with E-state index in [0.717, 1.165) is 17.4 Å². The predicted octanol–water partition coefficient (Wildman–Crippen LogP) is 3.84. The lowest BCUT2D eigenvalue weighted by atomic mass is 10.1. The van der Waals surface area contributed by atoms with Crippen molar-refractivity contribution in [3.63, 3.8) is 0 Å². The fourth-order valence-electron chi connectivity index (χ4n) is 3.65. The fraction of sp³-hybridized carbons (Fsp3) is 0.238. The molecule has 8 nitrogen and oxygen atoms in total. The van der Waals surface area contributed by atoms with Crippen LogP contribution in [0.4, 0.5) is 30.8 Å². The van der Waals surface area contributed by atoms with Crippen LogP contribution in [0.3, 0.4) is 0 Å². The fourth-order valence-corrected chi connectivity index (χ4v) is 4.71. The molecule has 170 valence electrons. The lowest BCUT2D eigenvalue weighted by molar-refractivity contribution is -0.136. The second kappa shape index (κ2) is 8.12. The molecule has 12 heteroatoms. The first-order chi connectivity index (χ1) is 15.8. The van der Waals surface area contributed by atoms with E-state index in [2.05, 4.69) is 19.9 Å². The molecule has 4 N–H and O–H groups in total. The Hall–Kier alpha value is -3.51. The Morgan fingerprint density at radius 3 is 2.39 bits per heavy atom. The molecule has 0 radical (unpaired) electrons. The number of rotatable bonds is 3. The smallest absolute Gasteiger partial charge is 0.397 e. The summed E-state index contributed by atoms with van der Waals surface area (Å²) in [6.07, 6.45) is -4.63. The molecule has 0 atom stereocenters. The highest BCUT2D eigenvalue weighted by Gasteiger charge is 2.36. The van der Waals surface area contributed by atoms with Crippen molar-refractivity contribution in [3.05, 3.63) is 42.0 Å². The zero-order valence-electron chi connectivity index (χ0n) is 17.1. The summed E-state index contributed by atoms with van der Waals surface area (Å²) in [6.45, 7) is 2.14. The predicted molar refractivity (Wildman–Crippen MR) is 121 cm³/mol. The molecule has 0 spiro atoms. The highest BCUT2D eigenvalue weighted by molar-refractivity contribution is 7.22. The van der Waals surface area contributed by atoms with E-state index in [4.69, 9.17) is 16.2 Å². The molecule has 0 unspecified atom stereocenters. The third-order valence-corrected chi connectivity index (χ3v) is 6.31. The van der Waals surface area contributed by atoms with Gasteiger partial charge in [-0.15, -0.1) is 11.3 Å². The third-order valence-electron chi connectivity index (χ3n) is 5.21. The number of anilines is 3. The number of aromatic nitrogens is 4. The second-order valence-electron chi connectivity index (χ2n) is 7.36. The molecule has 1 saturated heterocycles. The zero-order chi connectivity index (χ0) is 23.2. The van der Waals surface area contributed by atoms with Crippen molar-refractivity contribution in [1.82, 2.24) is 19.9 Å². The van der Waals surface area contributed by atoms with Gasteiger partial charge >= 0.3 is 6.18 Å². The number of pyridine rings is 1. The van der Waals surface area contributed by atoms with E-state index in [9.17, 15) is 13.2 Å². The van der Waals surface area contributed by atoms with E-state index in [1.807, 2.05) is 4.90 Å². The molecule has 33 heavy (non-hydrogen) atoms. The van der Waals surface area contributed by atoms with Gasteiger partial charge in [-0.3, -0.25) is 0 Å². The van der Waals surface area contributed by atoms with Crippen LogP contribution in [0, 0.1) is 0 Å². The minimum Gasteiger partial charge on any atom is -0.397 e. The maximum Gasteiger partial charge on any atom is 0.417 e. The van der Waals surface area contributed by atoms with Gasteiger partial charge in [0, 0.05) is 24.0 Å². The number of nitrogen functional groups attached to an aromatic ring is 2. The van der Waals surface area contributed by atoms with Crippen LogP contribution in [0.1, 0.15) is 5.56 Å². The quantitative estimate of drug-likeness (QED) is 0.461. The lowest BCUT2D eigenvalue weighted by Gasteiger charge is -2.26. The molecule has 5 rings (SSSR count). The Kier molecular flexibility index (Phi) is 5.25. The Morgan fingerprint density at radius 1 is 0.970 bits per heavy atom. The Morgan fingerprint density at radius 2 is 1.70 bits per heavy atom. The number of benzene rings is 1. The minimum atomic E-state index is -4.63. The van der Waals surface area contributed by atoms with Crippen molar-refractivity contribution in [2.24, 2.45) is 0 Å². The largest absolute Gasteiger partial charge is 0.417 e. The molecule has 0 aliphatic carbocycles. The molecule has 4 heterocycles. The van der Waals surface area contributed by atoms with E-state index >= 15 is 0 Å². The first-order valence-electron chi connectivity index (χ1n) is 10.0. The van der Waals surface area contributed by atoms with Gasteiger partial charge in [-0.05, 0) is 6.07 Å². The van der Waals surface area contributed by atoms with Crippen molar-refractivity contribution in [1.29, 1.82) is 0 Å². The van der Waals surface area contributed by atoms with E-state index in [-0.39, 0.29) is 38.2 Å². The van der Waals surface area contributed by atoms with Gasteiger partial charge in [-0.25, -0.2) is 4.98 Å². The van der Waals surface area contributed by atoms with Crippen molar-refractivity contribution in [2.45, 2.75) is 6.18 Å². The second-order valence-corrected chi connectivity index (χ2v) is 8.36. The number of thiophene rings is 1. The van der Waals surface area contributed by atoms with Crippen LogP contribution in [0.2, 0.25) is 0 Å². The molecule has 1 aliphatic rings. The highest BCUT2D eigenvalue weighted by Crippen LogP contribution is 2.46. The molecule has 1 fully saturated rings. The van der Waals surface area contributed by atoms with Crippen LogP contribution < -0.4 is 16.4 Å². The van der Waals surface area contributed by atoms with E-state index < -0.39 is 11.7 Å². The molecular formula is C21H18F3N7OS. The van der Waals surface area contributed by atoms with Gasteiger partial charge in [0.1, 0.15) is 4.83 Å². The summed E-state index contributed by atoms with van der Waals surface area (Å²) in [4.78, 5) is 19.5. The first-order valence-corrected chi connectivity index (χ1v) is 10.8. The monoisotopic (exact) mass is 473 g/mol. The molecule has 0 bridgehead atoms. The number of hydrogen-bond acceptors (Lipinski definition) is 9. The van der Waals surface area contributed by atoms with Gasteiger partial charge in [-0.2, -0.15) is 28.1 Å². The average molecular weight is 473 g/mol. The maximum absolute atomic E-state index is 14.0. The summed E-state index contributed by atoms with van der Waals surface area (Å²) < 4.78 is 47.4. The van der Waals surface area contributed by atoms with E-state index in [0.29, 0.717) is 37.8 Å². The van der Waals surface area contributed by atoms with Crippen molar-refractivity contribution < 1.29 is 17.9 Å². The van der Waals surface area contributed by atoms with Crippen LogP contribution in [0.5, 0.6) is 0 Å². The van der Waals surface area contributed by atoms with Crippen LogP contribution in [0.25, 0.3) is 32.2 Å². The van der Waals surface area contributed by atoms with Gasteiger partial charge in [0.25, 0.3) is 0 Å². The average Bonchev–Trinajstić information content (AvgIpc) is 3.15. The molecule has 4 aromatic rings. The molecule has 1 aromatic carbocycles. The number of nitrogens with two attached hydrogens (primary N) is 2. The summed E-state index contributed by atoms with van der Waals surface area (Å²) in [6, 6.07) is 9.68. The Balaban J connectivity index is 1.69. The maximum atomic E-state index is 14.0. The van der Waals surface area contributed by atoms with E-state index in [1.54, 1.807) is 30.3 Å². The Labute approximate surface area is 190 Å². The first kappa shape index (κ1) is 21.3. The number of nitrogens with zero attached hydrogens (tertiary/aromatic N) is 5. The summed E-state index contributed by atoms with van der Waals surface area (Å²) in [5, 5.41) is -0.172. The van der Waals surface area contributed by atoms with Gasteiger partial charge < -0.3 is 21.1 Å². The van der Waals surface area contributed by atoms with E-state index in [1.165, 1.54) is 0 Å². The Bertz CT molecular complexity index is 1320. The molecular weight excluding hydrogens is 455 g/mol. The summed E-state index contributed by atoms with van der Waals surface area (Å²) in [5.74, 6) is 0.387. The number of ether oxygens (including phenoxy) is 1. The van der Waals surface area contributed by atoms with Crippen molar-refractivity contribution >= 4 is 39.1 Å². The number of morpholine rings is 1. The standard InChI is InChI=1S/C21H18F3N7OS/c22-21(23,24)12-10-13(11-4-2-1-3-5-11)27-18-14(12)15(25)16(33-18)17-28-19(26)30-20(29-17)31-6-8-32-9-7-31/h1-5,10H,6-9,25H2,(H2,26,28,29,30). The van der Waals surface area contributed by atoms with Crippen molar-refractivity contribution in [3.8, 4) is 22.0 Å². The normalized spacial score (nSPS) is 14.7.